The van der Waals surface area contributed by atoms with Crippen LogP contribution in [0.5, 0.6) is 0 Å². The van der Waals surface area contributed by atoms with Gasteiger partial charge in [0.2, 0.25) is 5.91 Å². The fraction of sp³-hybridized carbons (Fsp3) is 0.176. The van der Waals surface area contributed by atoms with E-state index in [9.17, 15) is 19.6 Å². The molecule has 8 heteroatoms. The first-order valence-electron chi connectivity index (χ1n) is 7.58. The molecular weight excluding hydrogens is 389 g/mol. The molecule has 0 saturated carbocycles. The molecule has 0 aliphatic carbocycles. The highest BCUT2D eigenvalue weighted by atomic mass is 79.9. The quantitative estimate of drug-likeness (QED) is 0.521. The van der Waals surface area contributed by atoms with Gasteiger partial charge in [-0.2, -0.15) is 0 Å². The van der Waals surface area contributed by atoms with Crippen molar-refractivity contribution in [2.24, 2.45) is 0 Å². The molecule has 0 aliphatic heterocycles. The zero-order chi connectivity index (χ0) is 18.4. The van der Waals surface area contributed by atoms with Crippen molar-refractivity contribution >= 4 is 34.9 Å². The predicted octanol–water partition coefficient (Wildman–Crippen LogP) is 1.43. The third-order valence-electron chi connectivity index (χ3n) is 3.64. The summed E-state index contributed by atoms with van der Waals surface area (Å²) in [4.78, 5) is 23.2. The second kappa shape index (κ2) is 8.80. The summed E-state index contributed by atoms with van der Waals surface area (Å²) in [6.45, 7) is 0. The maximum Gasteiger partial charge on any atom is 0.475 e. The van der Waals surface area contributed by atoms with Gasteiger partial charge in [-0.25, -0.2) is 4.79 Å². The van der Waals surface area contributed by atoms with E-state index in [0.717, 1.165) is 10.0 Å². The van der Waals surface area contributed by atoms with Gasteiger partial charge in [0.25, 0.3) is 0 Å². The van der Waals surface area contributed by atoms with E-state index in [0.29, 0.717) is 5.56 Å². The fourth-order valence-corrected chi connectivity index (χ4v) is 2.81. The highest BCUT2D eigenvalue weighted by Gasteiger charge is 2.26. The van der Waals surface area contributed by atoms with Gasteiger partial charge in [0.1, 0.15) is 0 Å². The minimum absolute atomic E-state index is 0.0831. The van der Waals surface area contributed by atoms with Crippen molar-refractivity contribution in [1.29, 1.82) is 0 Å². The first-order chi connectivity index (χ1) is 11.9. The van der Waals surface area contributed by atoms with Gasteiger partial charge in [0.15, 0.2) is 0 Å². The molecule has 6 nitrogen and oxygen atoms in total. The standard InChI is InChI=1S/C17H17BBrNO5/c19-14-7-2-1-5-12(14)10-16(21)20-15(18(24)25)9-11-4-3-6-13(8-11)17(22)23/h1-8,15,24-25H,9-10H2,(H,20,21)(H,22,23). The molecule has 1 atom stereocenters. The summed E-state index contributed by atoms with van der Waals surface area (Å²) >= 11 is 3.36. The Labute approximate surface area is 153 Å². The second-order valence-electron chi connectivity index (χ2n) is 5.57. The molecular formula is C17H17BBrNO5. The molecule has 0 radical (unpaired) electrons. The van der Waals surface area contributed by atoms with E-state index in [-0.39, 0.29) is 24.3 Å². The third kappa shape index (κ3) is 5.70. The normalized spacial score (nSPS) is 11.6. The van der Waals surface area contributed by atoms with Crippen LogP contribution in [0.1, 0.15) is 21.5 Å². The molecule has 2 aromatic rings. The zero-order valence-electron chi connectivity index (χ0n) is 13.2. The van der Waals surface area contributed by atoms with E-state index in [1.165, 1.54) is 12.1 Å². The zero-order valence-corrected chi connectivity index (χ0v) is 14.8. The van der Waals surface area contributed by atoms with Gasteiger partial charge in [-0.1, -0.05) is 46.3 Å². The minimum Gasteiger partial charge on any atom is -0.478 e. The van der Waals surface area contributed by atoms with Crippen LogP contribution in [0.3, 0.4) is 0 Å². The number of nitrogens with one attached hydrogen (secondary N) is 1. The van der Waals surface area contributed by atoms with Gasteiger partial charge in [-0.15, -0.1) is 0 Å². The van der Waals surface area contributed by atoms with Crippen LogP contribution in [0.2, 0.25) is 0 Å². The number of carbonyl (C=O) groups is 2. The van der Waals surface area contributed by atoms with Gasteiger partial charge in [-0.3, -0.25) is 4.79 Å². The summed E-state index contributed by atoms with van der Waals surface area (Å²) in [6.07, 6.45) is 0.181. The Kier molecular flexibility index (Phi) is 6.75. The van der Waals surface area contributed by atoms with Crippen LogP contribution in [0, 0.1) is 0 Å². The Morgan fingerprint density at radius 3 is 2.48 bits per heavy atom. The number of amides is 1. The number of carboxylic acid groups (broad SMARTS) is 1. The lowest BCUT2D eigenvalue weighted by atomic mass is 9.75. The molecule has 1 amide bonds. The van der Waals surface area contributed by atoms with Gasteiger partial charge >= 0.3 is 13.1 Å². The van der Waals surface area contributed by atoms with E-state index < -0.39 is 19.0 Å². The molecule has 0 spiro atoms. The number of halogens is 1. The molecule has 0 heterocycles. The number of hydrogen-bond donors (Lipinski definition) is 4. The monoisotopic (exact) mass is 405 g/mol. The Hall–Kier alpha value is -2.16. The van der Waals surface area contributed by atoms with Crippen LogP contribution < -0.4 is 5.32 Å². The summed E-state index contributed by atoms with van der Waals surface area (Å²) in [5, 5.41) is 30.7. The van der Waals surface area contributed by atoms with Crippen molar-refractivity contribution in [3.63, 3.8) is 0 Å². The second-order valence-corrected chi connectivity index (χ2v) is 6.42. The summed E-state index contributed by atoms with van der Waals surface area (Å²) in [5.41, 5.74) is 1.46. The number of carboxylic acids is 1. The molecule has 4 N–H and O–H groups in total. The van der Waals surface area contributed by atoms with Crippen LogP contribution in [-0.4, -0.2) is 40.1 Å². The van der Waals surface area contributed by atoms with Gasteiger partial charge < -0.3 is 20.5 Å². The highest BCUT2D eigenvalue weighted by Crippen LogP contribution is 2.16. The van der Waals surface area contributed by atoms with Crippen molar-refractivity contribution < 1.29 is 24.7 Å². The molecule has 2 rings (SSSR count). The minimum atomic E-state index is -1.77. The maximum atomic E-state index is 12.2. The molecule has 0 aromatic heterocycles. The van der Waals surface area contributed by atoms with Crippen LogP contribution >= 0.6 is 15.9 Å². The Balaban J connectivity index is 2.05. The number of carbonyl (C=O) groups excluding carboxylic acids is 1. The lowest BCUT2D eigenvalue weighted by Crippen LogP contribution is -2.48. The van der Waals surface area contributed by atoms with Crippen molar-refractivity contribution in [2.75, 3.05) is 0 Å². The lowest BCUT2D eigenvalue weighted by molar-refractivity contribution is -0.120. The van der Waals surface area contributed by atoms with Crippen molar-refractivity contribution in [3.8, 4) is 0 Å². The molecule has 0 bridgehead atoms. The first kappa shape index (κ1) is 19.2. The topological polar surface area (TPSA) is 107 Å². The van der Waals surface area contributed by atoms with E-state index in [1.54, 1.807) is 18.2 Å². The first-order valence-corrected chi connectivity index (χ1v) is 8.37. The number of hydrogen-bond acceptors (Lipinski definition) is 4. The molecule has 0 fully saturated rings. The Morgan fingerprint density at radius 1 is 1.12 bits per heavy atom. The molecule has 0 aliphatic rings. The van der Waals surface area contributed by atoms with E-state index in [4.69, 9.17) is 5.11 Å². The van der Waals surface area contributed by atoms with Crippen LogP contribution in [0.15, 0.2) is 53.0 Å². The lowest BCUT2D eigenvalue weighted by Gasteiger charge is -2.18. The van der Waals surface area contributed by atoms with Gasteiger partial charge in [0, 0.05) is 4.47 Å². The van der Waals surface area contributed by atoms with Crippen LogP contribution in [0.4, 0.5) is 0 Å². The van der Waals surface area contributed by atoms with Crippen LogP contribution in [0.25, 0.3) is 0 Å². The Morgan fingerprint density at radius 2 is 1.84 bits per heavy atom. The Bertz CT molecular complexity index is 768. The average Bonchev–Trinajstić information content (AvgIpc) is 2.56. The molecule has 2 aromatic carbocycles. The smallest absolute Gasteiger partial charge is 0.475 e. The summed E-state index contributed by atoms with van der Waals surface area (Å²) in [7, 11) is -1.77. The summed E-state index contributed by atoms with van der Waals surface area (Å²) in [6, 6.07) is 13.4. The number of rotatable bonds is 7. The molecule has 1 unspecified atom stereocenters. The van der Waals surface area contributed by atoms with Crippen molar-refractivity contribution in [2.45, 2.75) is 18.8 Å². The average molecular weight is 406 g/mol. The van der Waals surface area contributed by atoms with Gasteiger partial charge in [0.05, 0.1) is 17.9 Å². The van der Waals surface area contributed by atoms with E-state index in [1.807, 2.05) is 18.2 Å². The van der Waals surface area contributed by atoms with Crippen LogP contribution in [-0.2, 0) is 17.6 Å². The van der Waals surface area contributed by atoms with Crippen molar-refractivity contribution in [1.82, 2.24) is 5.32 Å². The van der Waals surface area contributed by atoms with E-state index in [2.05, 4.69) is 21.2 Å². The fourth-order valence-electron chi connectivity index (χ4n) is 2.39. The summed E-state index contributed by atoms with van der Waals surface area (Å²) < 4.78 is 0.792. The highest BCUT2D eigenvalue weighted by molar-refractivity contribution is 9.10. The third-order valence-corrected chi connectivity index (χ3v) is 4.42. The maximum absolute atomic E-state index is 12.2. The summed E-state index contributed by atoms with van der Waals surface area (Å²) in [5.74, 6) is -2.38. The van der Waals surface area contributed by atoms with Crippen molar-refractivity contribution in [3.05, 3.63) is 69.7 Å². The largest absolute Gasteiger partial charge is 0.478 e. The molecule has 25 heavy (non-hydrogen) atoms. The van der Waals surface area contributed by atoms with Gasteiger partial charge in [-0.05, 0) is 35.7 Å². The number of aromatic carboxylic acids is 1. The predicted molar refractivity (Wildman–Crippen MR) is 97.1 cm³/mol. The SMILES string of the molecule is O=C(Cc1ccccc1Br)NC(Cc1cccc(C(=O)O)c1)B(O)O. The van der Waals surface area contributed by atoms with E-state index >= 15 is 0 Å². The number of benzene rings is 2. The molecule has 0 saturated heterocycles. The molecule has 130 valence electrons.